The molecule has 8 aromatic rings. The van der Waals surface area contributed by atoms with Gasteiger partial charge in [-0.15, -0.1) is 0 Å². The number of hydrogen-bond acceptors (Lipinski definition) is 1. The number of hydrogen-bond donors (Lipinski definition) is 0. The molecule has 12 rings (SSSR count). The first-order valence-corrected chi connectivity index (χ1v) is 19.3. The van der Waals surface area contributed by atoms with Gasteiger partial charge in [0.05, 0.1) is 16.4 Å². The summed E-state index contributed by atoms with van der Waals surface area (Å²) in [7, 11) is 0. The fourth-order valence-electron chi connectivity index (χ4n) is 10.9. The van der Waals surface area contributed by atoms with E-state index in [2.05, 4.69) is 193 Å². The average molecular weight is 691 g/mol. The second kappa shape index (κ2) is 10.6. The van der Waals surface area contributed by atoms with Gasteiger partial charge in [-0.05, 0) is 111 Å². The standard InChI is InChI=1S/C52H38N2/c1-51(2)45-24-12-13-26-48(45)54-49-32-35(28-30-40(49)41-20-14-25-46(51)50(41)54)53(33-15-4-3-5-16-33)34-27-29-39-38-19-8-11-23-44(38)52(47(39)31-34)42-21-9-6-17-36(42)37-18-7-10-22-43(37)52/h3-11,13-23,25-32H,12,24H2,1-2H3. The van der Waals surface area contributed by atoms with Crippen molar-refractivity contribution in [2.75, 3.05) is 4.90 Å². The zero-order valence-electron chi connectivity index (χ0n) is 30.5. The maximum absolute atomic E-state index is 2.57. The van der Waals surface area contributed by atoms with Gasteiger partial charge in [-0.1, -0.05) is 141 Å². The molecule has 2 heteroatoms. The van der Waals surface area contributed by atoms with Gasteiger partial charge in [0, 0.05) is 38.9 Å². The molecular formula is C52H38N2. The molecule has 0 saturated carbocycles. The second-order valence-electron chi connectivity index (χ2n) is 16.0. The molecule has 2 heterocycles. The molecular weight excluding hydrogens is 653 g/mol. The van der Waals surface area contributed by atoms with Crippen molar-refractivity contribution in [2.45, 2.75) is 37.5 Å². The Bertz CT molecular complexity index is 2910. The fraction of sp³-hybridized carbons (Fsp3) is 0.115. The molecule has 0 saturated heterocycles. The maximum Gasteiger partial charge on any atom is 0.0726 e. The van der Waals surface area contributed by atoms with E-state index in [1.165, 1.54) is 83.1 Å². The molecule has 0 unspecified atom stereocenters. The second-order valence-corrected chi connectivity index (χ2v) is 16.0. The smallest absolute Gasteiger partial charge is 0.0726 e. The molecule has 4 aliphatic rings. The van der Waals surface area contributed by atoms with Crippen LogP contribution in [-0.2, 0) is 10.8 Å². The van der Waals surface area contributed by atoms with E-state index in [1.807, 2.05) is 0 Å². The van der Waals surface area contributed by atoms with E-state index in [4.69, 9.17) is 0 Å². The van der Waals surface area contributed by atoms with Crippen molar-refractivity contribution in [1.82, 2.24) is 4.57 Å². The van der Waals surface area contributed by atoms with Gasteiger partial charge in [0.25, 0.3) is 0 Å². The van der Waals surface area contributed by atoms with E-state index in [0.29, 0.717) is 0 Å². The molecule has 256 valence electrons. The molecule has 1 aromatic heterocycles. The minimum Gasteiger partial charge on any atom is -0.310 e. The Hall–Kier alpha value is -6.38. The molecule has 3 aliphatic carbocycles. The van der Waals surface area contributed by atoms with Crippen molar-refractivity contribution < 1.29 is 0 Å². The third-order valence-electron chi connectivity index (χ3n) is 13.1. The highest BCUT2D eigenvalue weighted by Gasteiger charge is 2.51. The highest BCUT2D eigenvalue weighted by atomic mass is 15.1. The van der Waals surface area contributed by atoms with E-state index >= 15 is 0 Å². The van der Waals surface area contributed by atoms with Crippen molar-refractivity contribution in [2.24, 2.45) is 0 Å². The summed E-state index contributed by atoms with van der Waals surface area (Å²) in [6.07, 6.45) is 6.93. The van der Waals surface area contributed by atoms with E-state index < -0.39 is 5.41 Å². The minimum absolute atomic E-state index is 0.0156. The van der Waals surface area contributed by atoms with Gasteiger partial charge in [0.15, 0.2) is 0 Å². The van der Waals surface area contributed by atoms with Crippen molar-refractivity contribution in [1.29, 1.82) is 0 Å². The lowest BCUT2D eigenvalue weighted by Gasteiger charge is -2.37. The fourth-order valence-corrected chi connectivity index (χ4v) is 10.9. The van der Waals surface area contributed by atoms with Crippen LogP contribution in [0.4, 0.5) is 17.1 Å². The number of anilines is 3. The van der Waals surface area contributed by atoms with E-state index in [-0.39, 0.29) is 5.41 Å². The van der Waals surface area contributed by atoms with Crippen LogP contribution in [-0.4, -0.2) is 4.57 Å². The minimum atomic E-state index is -0.399. The number of nitrogens with zero attached hydrogens (tertiary/aromatic N) is 2. The van der Waals surface area contributed by atoms with Crippen molar-refractivity contribution in [3.05, 3.63) is 203 Å². The molecule has 0 atom stereocenters. The van der Waals surface area contributed by atoms with Crippen LogP contribution in [0.1, 0.15) is 54.5 Å². The van der Waals surface area contributed by atoms with Crippen LogP contribution in [0.15, 0.2) is 175 Å². The maximum atomic E-state index is 2.57. The molecule has 0 fully saturated rings. The van der Waals surface area contributed by atoms with Gasteiger partial charge in [0.1, 0.15) is 0 Å². The molecule has 0 N–H and O–H groups in total. The molecule has 0 amide bonds. The van der Waals surface area contributed by atoms with Crippen LogP contribution >= 0.6 is 0 Å². The highest BCUT2D eigenvalue weighted by Crippen LogP contribution is 2.63. The van der Waals surface area contributed by atoms with Gasteiger partial charge >= 0.3 is 0 Å². The SMILES string of the molecule is CC1(C)C2=C(C=CCC2)n2c3cc(N(c4ccccc4)c4ccc5c(c4)C4(c6ccccc6-c6ccccc64)c4ccccc4-5)ccc3c3cccc1c32. The normalized spacial score (nSPS) is 16.3. The van der Waals surface area contributed by atoms with E-state index in [0.717, 1.165) is 29.9 Å². The van der Waals surface area contributed by atoms with Crippen LogP contribution in [0.25, 0.3) is 49.8 Å². The number of fused-ring (bicyclic) bond motifs is 14. The number of rotatable bonds is 3. The van der Waals surface area contributed by atoms with Gasteiger partial charge in [-0.2, -0.15) is 0 Å². The predicted octanol–water partition coefficient (Wildman–Crippen LogP) is 13.5. The molecule has 2 nitrogen and oxygen atoms in total. The number of para-hydroxylation sites is 2. The third-order valence-corrected chi connectivity index (χ3v) is 13.1. The van der Waals surface area contributed by atoms with Crippen LogP contribution in [0, 0.1) is 0 Å². The Morgan fingerprint density at radius 1 is 0.500 bits per heavy atom. The Labute approximate surface area is 316 Å². The molecule has 7 aromatic carbocycles. The summed E-state index contributed by atoms with van der Waals surface area (Å²) in [4.78, 5) is 2.47. The quantitative estimate of drug-likeness (QED) is 0.179. The van der Waals surface area contributed by atoms with Gasteiger partial charge in [-0.25, -0.2) is 0 Å². The first-order chi connectivity index (χ1) is 26.6. The first-order valence-electron chi connectivity index (χ1n) is 19.3. The van der Waals surface area contributed by atoms with E-state index in [1.54, 1.807) is 0 Å². The zero-order valence-corrected chi connectivity index (χ0v) is 30.5. The number of aromatic nitrogens is 1. The van der Waals surface area contributed by atoms with E-state index in [9.17, 15) is 0 Å². The lowest BCUT2D eigenvalue weighted by atomic mass is 9.70. The van der Waals surface area contributed by atoms with Crippen LogP contribution in [0.3, 0.4) is 0 Å². The molecule has 0 bridgehead atoms. The van der Waals surface area contributed by atoms with Gasteiger partial charge < -0.3 is 9.47 Å². The zero-order chi connectivity index (χ0) is 35.8. The first kappa shape index (κ1) is 30.1. The summed E-state index contributed by atoms with van der Waals surface area (Å²) in [5, 5.41) is 2.63. The molecule has 1 spiro atoms. The van der Waals surface area contributed by atoms with Gasteiger partial charge in [-0.3, -0.25) is 0 Å². The monoisotopic (exact) mass is 690 g/mol. The van der Waals surface area contributed by atoms with Crippen LogP contribution in [0.5, 0.6) is 0 Å². The Morgan fingerprint density at radius 3 is 1.80 bits per heavy atom. The Morgan fingerprint density at radius 2 is 1.09 bits per heavy atom. The number of benzene rings is 7. The Kier molecular flexibility index (Phi) is 5.92. The summed E-state index contributed by atoms with van der Waals surface area (Å²) in [5.74, 6) is 0. The highest BCUT2D eigenvalue weighted by molar-refractivity contribution is 6.14. The van der Waals surface area contributed by atoms with Crippen molar-refractivity contribution in [3.8, 4) is 22.3 Å². The van der Waals surface area contributed by atoms with Crippen LogP contribution in [0.2, 0.25) is 0 Å². The summed E-state index contributed by atoms with van der Waals surface area (Å²) < 4.78 is 2.57. The van der Waals surface area contributed by atoms with Crippen molar-refractivity contribution >= 4 is 44.6 Å². The van der Waals surface area contributed by atoms with Crippen molar-refractivity contribution in [3.63, 3.8) is 0 Å². The lowest BCUT2D eigenvalue weighted by molar-refractivity contribution is 0.585. The average Bonchev–Trinajstić information content (AvgIpc) is 3.82. The molecule has 54 heavy (non-hydrogen) atoms. The summed E-state index contributed by atoms with van der Waals surface area (Å²) >= 11 is 0. The topological polar surface area (TPSA) is 8.17 Å². The summed E-state index contributed by atoms with van der Waals surface area (Å²) in [6.45, 7) is 4.83. The Balaban J connectivity index is 1.13. The largest absolute Gasteiger partial charge is 0.310 e. The third kappa shape index (κ3) is 3.66. The van der Waals surface area contributed by atoms with Crippen LogP contribution < -0.4 is 4.90 Å². The predicted molar refractivity (Wildman–Crippen MR) is 225 cm³/mol. The lowest BCUT2D eigenvalue weighted by Crippen LogP contribution is -2.28. The van der Waals surface area contributed by atoms with Gasteiger partial charge in [0.2, 0.25) is 0 Å². The number of allylic oxidation sites excluding steroid dienone is 4. The summed E-state index contributed by atoms with van der Waals surface area (Å²) in [6, 6.07) is 59.4. The molecule has 1 aliphatic heterocycles. The summed E-state index contributed by atoms with van der Waals surface area (Å²) in [5.41, 5.74) is 20.7. The molecule has 0 radical (unpaired) electrons.